The fourth-order valence-electron chi connectivity index (χ4n) is 3.67. The van der Waals surface area contributed by atoms with Crippen molar-refractivity contribution >= 4 is 0 Å². The van der Waals surface area contributed by atoms with Crippen LogP contribution in [-0.4, -0.2) is 24.2 Å². The van der Waals surface area contributed by atoms with E-state index in [1.165, 1.54) is 77.0 Å². The minimum Gasteiger partial charge on any atom is -0.325 e. The average molecular weight is 356 g/mol. The first-order valence-electron chi connectivity index (χ1n) is 11.2. The molecule has 25 heavy (non-hydrogen) atoms. The van der Waals surface area contributed by atoms with E-state index in [0.717, 1.165) is 25.9 Å². The van der Waals surface area contributed by atoms with Gasteiger partial charge in [-0.05, 0) is 51.6 Å². The maximum atomic E-state index is 6.70. The number of hydrogen-bond acceptors (Lipinski definition) is 3. The van der Waals surface area contributed by atoms with Crippen LogP contribution in [0.4, 0.5) is 0 Å². The van der Waals surface area contributed by atoms with Crippen molar-refractivity contribution in [1.29, 1.82) is 0 Å². The number of nitrogens with one attached hydrogen (secondary N) is 1. The molecule has 3 heteroatoms. The second-order valence-electron chi connectivity index (χ2n) is 8.39. The van der Waals surface area contributed by atoms with Crippen LogP contribution in [0.2, 0.25) is 0 Å². The monoisotopic (exact) mass is 355 g/mol. The van der Waals surface area contributed by atoms with Crippen LogP contribution in [0, 0.1) is 0 Å². The topological polar surface area (TPSA) is 64.1 Å². The van der Waals surface area contributed by atoms with Gasteiger partial charge in [0.2, 0.25) is 0 Å². The summed E-state index contributed by atoms with van der Waals surface area (Å²) in [6.45, 7) is 11.1. The van der Waals surface area contributed by atoms with Gasteiger partial charge in [0.25, 0.3) is 0 Å². The van der Waals surface area contributed by atoms with Gasteiger partial charge in [0.1, 0.15) is 0 Å². The van der Waals surface area contributed by atoms with Crippen LogP contribution >= 0.6 is 0 Å². The molecule has 0 rings (SSSR count). The first kappa shape index (κ1) is 24.9. The van der Waals surface area contributed by atoms with Crippen LogP contribution in [0.1, 0.15) is 118 Å². The van der Waals surface area contributed by atoms with Gasteiger partial charge in [-0.15, -0.1) is 0 Å². The molecular formula is C22H49N3. The van der Waals surface area contributed by atoms with Crippen molar-refractivity contribution in [3.05, 3.63) is 0 Å². The van der Waals surface area contributed by atoms with Crippen LogP contribution in [0.25, 0.3) is 0 Å². The van der Waals surface area contributed by atoms with E-state index in [9.17, 15) is 0 Å². The van der Waals surface area contributed by atoms with Gasteiger partial charge in [-0.3, -0.25) is 0 Å². The smallest absolute Gasteiger partial charge is 0.0166 e. The number of hydrogen-bond donors (Lipinski definition) is 3. The molecule has 0 unspecified atom stereocenters. The molecule has 0 saturated carbocycles. The van der Waals surface area contributed by atoms with Crippen molar-refractivity contribution in [1.82, 2.24) is 5.32 Å². The molecule has 0 aromatic carbocycles. The van der Waals surface area contributed by atoms with E-state index in [4.69, 9.17) is 11.5 Å². The summed E-state index contributed by atoms with van der Waals surface area (Å²) < 4.78 is 0. The van der Waals surface area contributed by atoms with Crippen LogP contribution in [0.3, 0.4) is 0 Å². The van der Waals surface area contributed by atoms with Gasteiger partial charge in [0.15, 0.2) is 0 Å². The molecule has 3 nitrogen and oxygen atoms in total. The van der Waals surface area contributed by atoms with Crippen molar-refractivity contribution in [2.24, 2.45) is 11.5 Å². The molecule has 0 aromatic rings. The van der Waals surface area contributed by atoms with Crippen molar-refractivity contribution < 1.29 is 0 Å². The SMILES string of the molecule is CCCCC(N)(CCCC)CCNCCC(N)(CCCC)CCCC. The van der Waals surface area contributed by atoms with E-state index in [2.05, 4.69) is 33.0 Å². The van der Waals surface area contributed by atoms with Crippen LogP contribution in [-0.2, 0) is 0 Å². The summed E-state index contributed by atoms with van der Waals surface area (Å²) in [5, 5.41) is 3.64. The Kier molecular flexibility index (Phi) is 14.9. The molecule has 0 fully saturated rings. The molecule has 0 bridgehead atoms. The third-order valence-electron chi connectivity index (χ3n) is 5.71. The Labute approximate surface area is 159 Å². The summed E-state index contributed by atoms with van der Waals surface area (Å²) in [6.07, 6.45) is 16.8. The highest BCUT2D eigenvalue weighted by atomic mass is 14.9. The Balaban J connectivity index is 4.22. The Bertz CT molecular complexity index is 247. The van der Waals surface area contributed by atoms with E-state index in [0.29, 0.717) is 0 Å². The molecule has 0 heterocycles. The van der Waals surface area contributed by atoms with E-state index in [1.807, 2.05) is 0 Å². The van der Waals surface area contributed by atoms with Gasteiger partial charge in [-0.2, -0.15) is 0 Å². The van der Waals surface area contributed by atoms with Crippen LogP contribution < -0.4 is 16.8 Å². The van der Waals surface area contributed by atoms with Gasteiger partial charge in [-0.1, -0.05) is 79.1 Å². The van der Waals surface area contributed by atoms with E-state index in [-0.39, 0.29) is 11.1 Å². The maximum absolute atomic E-state index is 6.70. The molecule has 0 radical (unpaired) electrons. The normalized spacial score (nSPS) is 12.7. The van der Waals surface area contributed by atoms with Gasteiger partial charge < -0.3 is 16.8 Å². The molecule has 0 saturated heterocycles. The molecule has 0 aromatic heterocycles. The molecule has 0 aliphatic heterocycles. The third kappa shape index (κ3) is 12.8. The minimum absolute atomic E-state index is 0.0310. The summed E-state index contributed by atoms with van der Waals surface area (Å²) in [7, 11) is 0. The minimum atomic E-state index is 0.0310. The summed E-state index contributed by atoms with van der Waals surface area (Å²) in [5.41, 5.74) is 13.5. The first-order valence-corrected chi connectivity index (χ1v) is 11.2. The van der Waals surface area contributed by atoms with Crippen molar-refractivity contribution in [3.63, 3.8) is 0 Å². The number of rotatable bonds is 18. The predicted molar refractivity (Wildman–Crippen MR) is 114 cm³/mol. The Morgan fingerprint density at radius 2 is 0.800 bits per heavy atom. The van der Waals surface area contributed by atoms with Gasteiger partial charge in [-0.25, -0.2) is 0 Å². The standard InChI is InChI=1S/C22H49N3/c1-5-9-13-21(23,14-10-6-2)17-19-25-20-18-22(24,15-11-7-3)16-12-8-4/h25H,5-20,23-24H2,1-4H3. The second-order valence-corrected chi connectivity index (χ2v) is 8.39. The first-order chi connectivity index (χ1) is 11.9. The summed E-state index contributed by atoms with van der Waals surface area (Å²) in [5.74, 6) is 0. The highest BCUT2D eigenvalue weighted by Crippen LogP contribution is 2.23. The lowest BCUT2D eigenvalue weighted by Gasteiger charge is -2.31. The molecule has 5 N–H and O–H groups in total. The van der Waals surface area contributed by atoms with Gasteiger partial charge >= 0.3 is 0 Å². The summed E-state index contributed by atoms with van der Waals surface area (Å²) in [6, 6.07) is 0. The fourth-order valence-corrected chi connectivity index (χ4v) is 3.67. The van der Waals surface area contributed by atoms with Crippen molar-refractivity contribution in [2.75, 3.05) is 13.1 Å². The molecule has 152 valence electrons. The van der Waals surface area contributed by atoms with E-state index >= 15 is 0 Å². The molecule has 0 spiro atoms. The van der Waals surface area contributed by atoms with Gasteiger partial charge in [0, 0.05) is 11.1 Å². The second kappa shape index (κ2) is 15.0. The fraction of sp³-hybridized carbons (Fsp3) is 1.00. The van der Waals surface area contributed by atoms with E-state index in [1.54, 1.807) is 0 Å². The zero-order valence-corrected chi connectivity index (χ0v) is 18.0. The summed E-state index contributed by atoms with van der Waals surface area (Å²) >= 11 is 0. The zero-order valence-electron chi connectivity index (χ0n) is 18.0. The van der Waals surface area contributed by atoms with E-state index < -0.39 is 0 Å². The van der Waals surface area contributed by atoms with Crippen molar-refractivity contribution in [2.45, 2.75) is 129 Å². The summed E-state index contributed by atoms with van der Waals surface area (Å²) in [4.78, 5) is 0. The predicted octanol–water partition coefficient (Wildman–Crippen LogP) is 5.51. The lowest BCUT2D eigenvalue weighted by Crippen LogP contribution is -2.44. The molecule has 0 aliphatic carbocycles. The third-order valence-corrected chi connectivity index (χ3v) is 5.71. The van der Waals surface area contributed by atoms with Crippen LogP contribution in [0.15, 0.2) is 0 Å². The molecule has 0 atom stereocenters. The van der Waals surface area contributed by atoms with Gasteiger partial charge in [0.05, 0.1) is 0 Å². The highest BCUT2D eigenvalue weighted by Gasteiger charge is 2.25. The Hall–Kier alpha value is -0.120. The lowest BCUT2D eigenvalue weighted by atomic mass is 9.84. The molecular weight excluding hydrogens is 306 g/mol. The number of nitrogens with two attached hydrogens (primary N) is 2. The molecule has 0 aliphatic rings. The lowest BCUT2D eigenvalue weighted by molar-refractivity contribution is 0.298. The van der Waals surface area contributed by atoms with Crippen molar-refractivity contribution in [3.8, 4) is 0 Å². The van der Waals surface area contributed by atoms with Crippen LogP contribution in [0.5, 0.6) is 0 Å². The highest BCUT2D eigenvalue weighted by molar-refractivity contribution is 4.86. The average Bonchev–Trinajstić information content (AvgIpc) is 2.61. The number of unbranched alkanes of at least 4 members (excludes halogenated alkanes) is 4. The Morgan fingerprint density at radius 1 is 0.520 bits per heavy atom. The Morgan fingerprint density at radius 3 is 1.04 bits per heavy atom. The zero-order chi connectivity index (χ0) is 19.0. The quantitative estimate of drug-likeness (QED) is 0.284. The molecule has 0 amide bonds. The maximum Gasteiger partial charge on any atom is 0.0166 e. The largest absolute Gasteiger partial charge is 0.325 e.